The Balaban J connectivity index is 1.70. The van der Waals surface area contributed by atoms with Crippen LogP contribution in [-0.4, -0.2) is 15.7 Å². The van der Waals surface area contributed by atoms with Gasteiger partial charge in [0.05, 0.1) is 11.4 Å². The van der Waals surface area contributed by atoms with Gasteiger partial charge in [0, 0.05) is 18.5 Å². The Kier molecular flexibility index (Phi) is 6.70. The zero-order valence-electron chi connectivity index (χ0n) is 18.7. The third-order valence-electron chi connectivity index (χ3n) is 5.66. The molecular formula is C26H22F4N4O. The van der Waals surface area contributed by atoms with Crippen LogP contribution in [0.3, 0.4) is 0 Å². The first kappa shape index (κ1) is 24.2. The third-order valence-corrected chi connectivity index (χ3v) is 5.66. The Labute approximate surface area is 199 Å². The molecular weight excluding hydrogens is 460 g/mol. The molecule has 180 valence electrons. The Hall–Kier alpha value is -3.98. The third kappa shape index (κ3) is 5.25. The van der Waals surface area contributed by atoms with Crippen LogP contribution in [0.4, 0.5) is 23.2 Å². The van der Waals surface area contributed by atoms with Gasteiger partial charge in [0.2, 0.25) is 0 Å². The van der Waals surface area contributed by atoms with Crippen molar-refractivity contribution in [3.63, 3.8) is 0 Å². The van der Waals surface area contributed by atoms with Crippen LogP contribution < -0.4 is 11.1 Å². The van der Waals surface area contributed by atoms with Crippen LogP contribution in [0.15, 0.2) is 78.9 Å². The van der Waals surface area contributed by atoms with Gasteiger partial charge in [-0.1, -0.05) is 55.5 Å². The van der Waals surface area contributed by atoms with Gasteiger partial charge in [-0.3, -0.25) is 4.79 Å². The van der Waals surface area contributed by atoms with Crippen molar-refractivity contribution in [3.8, 4) is 5.69 Å². The molecule has 1 unspecified atom stereocenters. The minimum absolute atomic E-state index is 0.103. The van der Waals surface area contributed by atoms with Crippen molar-refractivity contribution >= 4 is 11.6 Å². The average molecular weight is 482 g/mol. The fraction of sp³-hybridized carbons (Fsp3) is 0.154. The van der Waals surface area contributed by atoms with Gasteiger partial charge in [0.1, 0.15) is 11.5 Å². The van der Waals surface area contributed by atoms with Crippen molar-refractivity contribution in [3.05, 3.63) is 113 Å². The fourth-order valence-corrected chi connectivity index (χ4v) is 3.72. The van der Waals surface area contributed by atoms with Crippen LogP contribution in [0.5, 0.6) is 0 Å². The number of rotatable bonds is 6. The molecule has 1 aromatic heterocycles. The van der Waals surface area contributed by atoms with Crippen LogP contribution in [0.2, 0.25) is 0 Å². The fourth-order valence-electron chi connectivity index (χ4n) is 3.72. The number of halogens is 4. The highest BCUT2D eigenvalue weighted by Crippen LogP contribution is 2.31. The number of alkyl halides is 3. The predicted octanol–water partition coefficient (Wildman–Crippen LogP) is 5.89. The number of nitrogens with one attached hydrogen (secondary N) is 1. The molecule has 0 spiro atoms. The van der Waals surface area contributed by atoms with E-state index in [9.17, 15) is 22.4 Å². The zero-order valence-corrected chi connectivity index (χ0v) is 18.7. The number of hydrogen-bond acceptors (Lipinski definition) is 3. The molecule has 0 saturated heterocycles. The van der Waals surface area contributed by atoms with Crippen molar-refractivity contribution in [1.29, 1.82) is 0 Å². The standard InChI is InChI=1S/C26H22F4N4O/c1-16(18-7-3-2-4-8-18)19-10-11-21(27)22(13-19)32-25(35)23-14-24(26(28,29)30)33-34(23)20-9-5-6-17(12-20)15-31/h2-14,16H,15,31H2,1H3,(H,32,35). The molecule has 1 amide bonds. The van der Waals surface area contributed by atoms with E-state index >= 15 is 0 Å². The van der Waals surface area contributed by atoms with Gasteiger partial charge >= 0.3 is 6.18 Å². The Morgan fingerprint density at radius 1 is 1.00 bits per heavy atom. The molecule has 5 nitrogen and oxygen atoms in total. The molecule has 0 aliphatic rings. The van der Waals surface area contributed by atoms with Crippen molar-refractivity contribution in [1.82, 2.24) is 9.78 Å². The summed E-state index contributed by atoms with van der Waals surface area (Å²) in [5, 5.41) is 6.00. The lowest BCUT2D eigenvalue weighted by atomic mass is 9.93. The number of amides is 1. The van der Waals surface area contributed by atoms with Gasteiger partial charge < -0.3 is 11.1 Å². The second kappa shape index (κ2) is 9.71. The Morgan fingerprint density at radius 3 is 2.43 bits per heavy atom. The molecule has 0 aliphatic carbocycles. The van der Waals surface area contributed by atoms with Gasteiger partial charge in [0.15, 0.2) is 5.69 Å². The van der Waals surface area contributed by atoms with E-state index in [0.717, 1.165) is 15.8 Å². The number of benzene rings is 3. The van der Waals surface area contributed by atoms with Crippen molar-refractivity contribution in [2.45, 2.75) is 25.6 Å². The summed E-state index contributed by atoms with van der Waals surface area (Å²) < 4.78 is 55.7. The van der Waals surface area contributed by atoms with Gasteiger partial charge in [-0.05, 0) is 41.0 Å². The zero-order chi connectivity index (χ0) is 25.2. The van der Waals surface area contributed by atoms with Crippen LogP contribution in [-0.2, 0) is 12.7 Å². The number of hydrogen-bond donors (Lipinski definition) is 2. The first-order valence-corrected chi connectivity index (χ1v) is 10.8. The molecule has 4 rings (SSSR count). The summed E-state index contributed by atoms with van der Waals surface area (Å²) in [5.74, 6) is -1.75. The highest BCUT2D eigenvalue weighted by Gasteiger charge is 2.36. The quantitative estimate of drug-likeness (QED) is 0.337. The van der Waals surface area contributed by atoms with Crippen molar-refractivity contribution in [2.75, 3.05) is 5.32 Å². The minimum atomic E-state index is -4.78. The number of nitrogens with two attached hydrogens (primary N) is 1. The van der Waals surface area contributed by atoms with E-state index in [1.165, 1.54) is 24.3 Å². The van der Waals surface area contributed by atoms with Crippen molar-refractivity contribution < 1.29 is 22.4 Å². The first-order valence-electron chi connectivity index (χ1n) is 10.8. The monoisotopic (exact) mass is 482 g/mol. The summed E-state index contributed by atoms with van der Waals surface area (Å²) in [6.07, 6.45) is -4.78. The highest BCUT2D eigenvalue weighted by atomic mass is 19.4. The molecule has 4 aromatic rings. The average Bonchev–Trinajstić information content (AvgIpc) is 3.32. The number of aromatic nitrogens is 2. The molecule has 35 heavy (non-hydrogen) atoms. The lowest BCUT2D eigenvalue weighted by Gasteiger charge is -2.15. The Bertz CT molecular complexity index is 1350. The maximum atomic E-state index is 14.6. The second-order valence-electron chi connectivity index (χ2n) is 8.02. The molecule has 3 N–H and O–H groups in total. The van der Waals surface area contributed by atoms with Gasteiger partial charge in [0.25, 0.3) is 5.91 Å². The minimum Gasteiger partial charge on any atom is -0.326 e. The van der Waals surface area contributed by atoms with Crippen LogP contribution in [0, 0.1) is 5.82 Å². The first-order chi connectivity index (χ1) is 16.7. The maximum Gasteiger partial charge on any atom is 0.435 e. The summed E-state index contributed by atoms with van der Waals surface area (Å²) in [5.41, 5.74) is 6.44. The van der Waals surface area contributed by atoms with Crippen LogP contribution in [0.25, 0.3) is 5.69 Å². The lowest BCUT2D eigenvalue weighted by molar-refractivity contribution is -0.141. The predicted molar refractivity (Wildman–Crippen MR) is 125 cm³/mol. The molecule has 3 aromatic carbocycles. The maximum absolute atomic E-state index is 14.6. The van der Waals surface area contributed by atoms with Crippen molar-refractivity contribution in [2.24, 2.45) is 5.73 Å². The lowest BCUT2D eigenvalue weighted by Crippen LogP contribution is -2.18. The van der Waals surface area contributed by atoms with E-state index in [1.54, 1.807) is 18.2 Å². The Morgan fingerprint density at radius 2 is 1.74 bits per heavy atom. The molecule has 0 bridgehead atoms. The van der Waals surface area contributed by atoms with E-state index in [-0.39, 0.29) is 23.8 Å². The van der Waals surface area contributed by atoms with E-state index in [1.807, 2.05) is 37.3 Å². The summed E-state index contributed by atoms with van der Waals surface area (Å²) in [6.45, 7) is 2.09. The van der Waals surface area contributed by atoms with E-state index in [0.29, 0.717) is 11.6 Å². The molecule has 0 fully saturated rings. The number of carbonyl (C=O) groups excluding carboxylic acids is 1. The number of anilines is 1. The van der Waals surface area contributed by atoms with E-state index in [4.69, 9.17) is 5.73 Å². The van der Waals surface area contributed by atoms with E-state index < -0.39 is 29.3 Å². The topological polar surface area (TPSA) is 72.9 Å². The highest BCUT2D eigenvalue weighted by molar-refractivity contribution is 6.03. The summed E-state index contributed by atoms with van der Waals surface area (Å²) in [4.78, 5) is 13.1. The second-order valence-corrected chi connectivity index (χ2v) is 8.02. The summed E-state index contributed by atoms with van der Waals surface area (Å²) in [7, 11) is 0. The normalized spacial score (nSPS) is 12.4. The van der Waals surface area contributed by atoms with Crippen LogP contribution >= 0.6 is 0 Å². The smallest absolute Gasteiger partial charge is 0.326 e. The van der Waals surface area contributed by atoms with Gasteiger partial charge in [-0.25, -0.2) is 9.07 Å². The number of carbonyl (C=O) groups is 1. The SMILES string of the molecule is CC(c1ccccc1)c1ccc(F)c(NC(=O)c2cc(C(F)(F)F)nn2-c2cccc(CN)c2)c1. The van der Waals surface area contributed by atoms with E-state index in [2.05, 4.69) is 10.4 Å². The van der Waals surface area contributed by atoms with Gasteiger partial charge in [-0.2, -0.15) is 18.3 Å². The molecule has 0 saturated carbocycles. The summed E-state index contributed by atoms with van der Waals surface area (Å²) in [6, 6.07) is 20.8. The number of nitrogens with zero attached hydrogens (tertiary/aromatic N) is 2. The molecule has 1 atom stereocenters. The summed E-state index contributed by atoms with van der Waals surface area (Å²) >= 11 is 0. The van der Waals surface area contributed by atoms with Crippen LogP contribution in [0.1, 0.15) is 45.7 Å². The van der Waals surface area contributed by atoms with Gasteiger partial charge in [-0.15, -0.1) is 0 Å². The molecule has 9 heteroatoms. The molecule has 0 aliphatic heterocycles. The molecule has 1 heterocycles. The largest absolute Gasteiger partial charge is 0.435 e. The molecule has 0 radical (unpaired) electrons.